The summed E-state index contributed by atoms with van der Waals surface area (Å²) in [4.78, 5) is 2.51. The number of benzene rings is 2. The standard InChI is InChI=1S/C18H22N2/c1-3-9-16(10-4-1)15-19-17-11-5-6-12-18(17)20-13-7-2-8-14-20/h1,3-6,9-12,19H,2,7-8,13-15H2. The van der Waals surface area contributed by atoms with Crippen LogP contribution in [0.4, 0.5) is 11.4 Å². The largest absolute Gasteiger partial charge is 0.379 e. The van der Waals surface area contributed by atoms with Gasteiger partial charge in [-0.2, -0.15) is 0 Å². The van der Waals surface area contributed by atoms with Crippen LogP contribution in [0, 0.1) is 0 Å². The molecule has 104 valence electrons. The van der Waals surface area contributed by atoms with E-state index >= 15 is 0 Å². The van der Waals surface area contributed by atoms with Gasteiger partial charge in [0, 0.05) is 19.6 Å². The van der Waals surface area contributed by atoms with Crippen LogP contribution in [0.25, 0.3) is 0 Å². The van der Waals surface area contributed by atoms with Crippen molar-refractivity contribution in [1.29, 1.82) is 0 Å². The highest BCUT2D eigenvalue weighted by molar-refractivity contribution is 5.70. The van der Waals surface area contributed by atoms with Crippen LogP contribution in [-0.4, -0.2) is 13.1 Å². The van der Waals surface area contributed by atoms with E-state index in [1.54, 1.807) is 0 Å². The van der Waals surface area contributed by atoms with Crippen molar-refractivity contribution >= 4 is 11.4 Å². The third-order valence-corrected chi connectivity index (χ3v) is 3.93. The topological polar surface area (TPSA) is 15.3 Å². The normalized spacial score (nSPS) is 15.1. The van der Waals surface area contributed by atoms with E-state index in [1.165, 1.54) is 49.3 Å². The molecule has 0 spiro atoms. The van der Waals surface area contributed by atoms with Gasteiger partial charge in [-0.25, -0.2) is 0 Å². The highest BCUT2D eigenvalue weighted by Crippen LogP contribution is 2.28. The van der Waals surface area contributed by atoms with Gasteiger partial charge in [-0.3, -0.25) is 0 Å². The van der Waals surface area contributed by atoms with Crippen molar-refractivity contribution in [3.05, 3.63) is 60.2 Å². The van der Waals surface area contributed by atoms with Gasteiger partial charge in [0.05, 0.1) is 11.4 Å². The Kier molecular flexibility index (Phi) is 4.22. The molecule has 0 saturated carbocycles. The smallest absolute Gasteiger partial charge is 0.0602 e. The first kappa shape index (κ1) is 13.0. The van der Waals surface area contributed by atoms with Crippen LogP contribution in [0.3, 0.4) is 0 Å². The molecule has 1 aliphatic heterocycles. The molecule has 1 saturated heterocycles. The Morgan fingerprint density at radius 2 is 1.50 bits per heavy atom. The average Bonchev–Trinajstić information content (AvgIpc) is 2.55. The molecular weight excluding hydrogens is 244 g/mol. The number of piperidine rings is 1. The maximum atomic E-state index is 3.59. The van der Waals surface area contributed by atoms with Crippen molar-refractivity contribution in [2.45, 2.75) is 25.8 Å². The van der Waals surface area contributed by atoms with E-state index in [0.29, 0.717) is 0 Å². The fourth-order valence-corrected chi connectivity index (χ4v) is 2.83. The van der Waals surface area contributed by atoms with E-state index in [4.69, 9.17) is 0 Å². The third-order valence-electron chi connectivity index (χ3n) is 3.93. The lowest BCUT2D eigenvalue weighted by molar-refractivity contribution is 0.578. The number of para-hydroxylation sites is 2. The van der Waals surface area contributed by atoms with Crippen LogP contribution in [-0.2, 0) is 6.54 Å². The predicted molar refractivity (Wildman–Crippen MR) is 86.3 cm³/mol. The minimum atomic E-state index is 0.881. The zero-order valence-corrected chi connectivity index (χ0v) is 11.9. The Balaban J connectivity index is 1.72. The lowest BCUT2D eigenvalue weighted by Crippen LogP contribution is -2.30. The van der Waals surface area contributed by atoms with E-state index in [9.17, 15) is 0 Å². The predicted octanol–water partition coefficient (Wildman–Crippen LogP) is 4.29. The second kappa shape index (κ2) is 6.47. The van der Waals surface area contributed by atoms with Crippen LogP contribution < -0.4 is 10.2 Å². The Morgan fingerprint density at radius 3 is 2.30 bits per heavy atom. The molecule has 2 aromatic carbocycles. The summed E-state index contributed by atoms with van der Waals surface area (Å²) in [5.74, 6) is 0. The first-order valence-electron chi connectivity index (χ1n) is 7.55. The van der Waals surface area contributed by atoms with Crippen LogP contribution in [0.5, 0.6) is 0 Å². The maximum Gasteiger partial charge on any atom is 0.0602 e. The molecule has 1 heterocycles. The Labute approximate surface area is 121 Å². The number of nitrogens with one attached hydrogen (secondary N) is 1. The third kappa shape index (κ3) is 3.13. The average molecular weight is 266 g/mol. The van der Waals surface area contributed by atoms with Gasteiger partial charge in [0.1, 0.15) is 0 Å². The Morgan fingerprint density at radius 1 is 0.800 bits per heavy atom. The molecule has 1 aliphatic rings. The van der Waals surface area contributed by atoms with E-state index in [2.05, 4.69) is 64.8 Å². The molecule has 0 aliphatic carbocycles. The van der Waals surface area contributed by atoms with Crippen molar-refractivity contribution in [3.63, 3.8) is 0 Å². The number of nitrogens with zero attached hydrogens (tertiary/aromatic N) is 1. The molecule has 20 heavy (non-hydrogen) atoms. The van der Waals surface area contributed by atoms with Gasteiger partial charge in [0.2, 0.25) is 0 Å². The number of anilines is 2. The first-order valence-corrected chi connectivity index (χ1v) is 7.55. The summed E-state index contributed by atoms with van der Waals surface area (Å²) in [5.41, 5.74) is 3.92. The molecule has 0 aromatic heterocycles. The van der Waals surface area contributed by atoms with Gasteiger partial charge in [0.15, 0.2) is 0 Å². The Hall–Kier alpha value is -1.96. The fourth-order valence-electron chi connectivity index (χ4n) is 2.83. The Bertz CT molecular complexity index is 530. The van der Waals surface area contributed by atoms with Crippen molar-refractivity contribution in [3.8, 4) is 0 Å². The summed E-state index contributed by atoms with van der Waals surface area (Å²) < 4.78 is 0. The quantitative estimate of drug-likeness (QED) is 0.888. The molecule has 0 bridgehead atoms. The second-order valence-electron chi connectivity index (χ2n) is 5.40. The minimum absolute atomic E-state index is 0.881. The molecule has 0 radical (unpaired) electrons. The van der Waals surface area contributed by atoms with Crippen LogP contribution in [0.1, 0.15) is 24.8 Å². The van der Waals surface area contributed by atoms with Gasteiger partial charge < -0.3 is 10.2 Å². The van der Waals surface area contributed by atoms with E-state index in [0.717, 1.165) is 6.54 Å². The van der Waals surface area contributed by atoms with E-state index in [1.807, 2.05) is 0 Å². The molecule has 2 heteroatoms. The van der Waals surface area contributed by atoms with Crippen molar-refractivity contribution in [2.75, 3.05) is 23.3 Å². The van der Waals surface area contributed by atoms with Crippen molar-refractivity contribution in [1.82, 2.24) is 0 Å². The van der Waals surface area contributed by atoms with Gasteiger partial charge >= 0.3 is 0 Å². The zero-order valence-electron chi connectivity index (χ0n) is 11.9. The van der Waals surface area contributed by atoms with Gasteiger partial charge in [0.25, 0.3) is 0 Å². The van der Waals surface area contributed by atoms with Crippen LogP contribution >= 0.6 is 0 Å². The summed E-state index contributed by atoms with van der Waals surface area (Å²) in [5, 5.41) is 3.59. The number of hydrogen-bond acceptors (Lipinski definition) is 2. The first-order chi connectivity index (χ1) is 9.93. The maximum absolute atomic E-state index is 3.59. The summed E-state index contributed by atoms with van der Waals surface area (Å²) >= 11 is 0. The summed E-state index contributed by atoms with van der Waals surface area (Å²) in [6, 6.07) is 19.2. The van der Waals surface area contributed by atoms with Crippen LogP contribution in [0.15, 0.2) is 54.6 Å². The molecular formula is C18H22N2. The lowest BCUT2D eigenvalue weighted by atomic mass is 10.1. The molecule has 2 aromatic rings. The number of hydrogen-bond donors (Lipinski definition) is 1. The fraction of sp³-hybridized carbons (Fsp3) is 0.333. The highest BCUT2D eigenvalue weighted by atomic mass is 15.1. The van der Waals surface area contributed by atoms with Crippen molar-refractivity contribution < 1.29 is 0 Å². The van der Waals surface area contributed by atoms with E-state index < -0.39 is 0 Å². The summed E-state index contributed by atoms with van der Waals surface area (Å²) in [7, 11) is 0. The zero-order chi connectivity index (χ0) is 13.6. The highest BCUT2D eigenvalue weighted by Gasteiger charge is 2.13. The summed E-state index contributed by atoms with van der Waals surface area (Å²) in [6.07, 6.45) is 4.00. The second-order valence-corrected chi connectivity index (χ2v) is 5.40. The molecule has 0 atom stereocenters. The van der Waals surface area contributed by atoms with E-state index in [-0.39, 0.29) is 0 Å². The molecule has 0 unspecified atom stereocenters. The molecule has 1 N–H and O–H groups in total. The SMILES string of the molecule is c1ccc(CNc2ccccc2N2CCCCC2)cc1. The molecule has 3 rings (SSSR count). The molecule has 2 nitrogen and oxygen atoms in total. The monoisotopic (exact) mass is 266 g/mol. The van der Waals surface area contributed by atoms with Gasteiger partial charge in [-0.15, -0.1) is 0 Å². The molecule has 0 amide bonds. The van der Waals surface area contributed by atoms with Crippen molar-refractivity contribution in [2.24, 2.45) is 0 Å². The number of rotatable bonds is 4. The summed E-state index contributed by atoms with van der Waals surface area (Å²) in [6.45, 7) is 3.25. The van der Waals surface area contributed by atoms with Crippen LogP contribution in [0.2, 0.25) is 0 Å². The van der Waals surface area contributed by atoms with Gasteiger partial charge in [-0.1, -0.05) is 42.5 Å². The minimum Gasteiger partial charge on any atom is -0.379 e. The lowest BCUT2D eigenvalue weighted by Gasteiger charge is -2.30. The van der Waals surface area contributed by atoms with Gasteiger partial charge in [-0.05, 0) is 37.0 Å². The molecule has 1 fully saturated rings.